The van der Waals surface area contributed by atoms with E-state index in [0.717, 1.165) is 0 Å². The van der Waals surface area contributed by atoms with E-state index in [1.54, 1.807) is 0 Å². The summed E-state index contributed by atoms with van der Waals surface area (Å²) in [5, 5.41) is 0.483. The van der Waals surface area contributed by atoms with Crippen LogP contribution in [0, 0.1) is 0 Å². The van der Waals surface area contributed by atoms with Crippen molar-refractivity contribution in [2.45, 2.75) is 5.22 Å². The second kappa shape index (κ2) is 3.26. The van der Waals surface area contributed by atoms with Crippen LogP contribution in [0.2, 0.25) is 0 Å². The van der Waals surface area contributed by atoms with E-state index in [1.807, 2.05) is 6.26 Å². The molecule has 0 amide bonds. The maximum atomic E-state index is 9.76. The van der Waals surface area contributed by atoms with Crippen LogP contribution in [0.3, 0.4) is 0 Å². The number of carbonyl (C=O) groups excluding carboxylic acids is 1. The summed E-state index contributed by atoms with van der Waals surface area (Å²) in [5.74, 6) is 0.124. The van der Waals surface area contributed by atoms with E-state index in [9.17, 15) is 4.79 Å². The molecule has 0 fully saturated rings. The molecule has 0 bridgehead atoms. The Morgan fingerprint density at radius 1 is 1.90 bits per heavy atom. The van der Waals surface area contributed by atoms with Gasteiger partial charge in [0, 0.05) is 0 Å². The Balaban J connectivity index is 2.67. The molecule has 0 spiro atoms. The highest BCUT2D eigenvalue weighted by Gasteiger charge is 2.00. The minimum atomic E-state index is 0.124. The Morgan fingerprint density at radius 3 is 3.20 bits per heavy atom. The van der Waals surface area contributed by atoms with Crippen LogP contribution in [0.1, 0.15) is 0 Å². The molecule has 1 aromatic rings. The fraction of sp³-hybridized carbons (Fsp3) is 0.200. The fourth-order valence-corrected chi connectivity index (χ4v) is 0.764. The topological polar surface area (TPSA) is 52.3 Å². The van der Waals surface area contributed by atoms with Crippen LogP contribution in [0.5, 0.6) is 5.95 Å². The van der Waals surface area contributed by atoms with Crippen LogP contribution >= 0.6 is 11.8 Å². The van der Waals surface area contributed by atoms with E-state index >= 15 is 0 Å². The number of carbonyl (C=O) groups is 1. The number of thioether (sulfide) groups is 1. The summed E-state index contributed by atoms with van der Waals surface area (Å²) in [4.78, 5) is 13.5. The minimum Gasteiger partial charge on any atom is -0.399 e. The van der Waals surface area contributed by atoms with Crippen molar-refractivity contribution in [3.8, 4) is 5.95 Å². The predicted molar refractivity (Wildman–Crippen MR) is 35.0 cm³/mol. The highest BCUT2D eigenvalue weighted by atomic mass is 32.2. The van der Waals surface area contributed by atoms with Gasteiger partial charge in [0.1, 0.15) is 6.20 Å². The third-order valence-corrected chi connectivity index (χ3v) is 1.34. The second-order valence-corrected chi connectivity index (χ2v) is 2.12. The molecule has 0 radical (unpaired) electrons. The van der Waals surface area contributed by atoms with Crippen LogP contribution in [0.4, 0.5) is 0 Å². The van der Waals surface area contributed by atoms with Crippen LogP contribution in [0.15, 0.2) is 15.8 Å². The number of oxazole rings is 1. The van der Waals surface area contributed by atoms with Crippen LogP contribution < -0.4 is 4.74 Å². The van der Waals surface area contributed by atoms with E-state index in [2.05, 4.69) is 9.72 Å². The molecule has 0 aromatic carbocycles. The van der Waals surface area contributed by atoms with E-state index in [1.165, 1.54) is 18.0 Å². The molecule has 0 saturated heterocycles. The zero-order valence-corrected chi connectivity index (χ0v) is 6.05. The molecule has 1 heterocycles. The zero-order valence-electron chi connectivity index (χ0n) is 5.23. The van der Waals surface area contributed by atoms with Gasteiger partial charge in [0.05, 0.1) is 0 Å². The van der Waals surface area contributed by atoms with Gasteiger partial charge in [0.25, 0.3) is 5.22 Å². The van der Waals surface area contributed by atoms with Gasteiger partial charge in [-0.25, -0.2) is 4.98 Å². The Bertz CT molecular complexity index is 222. The third-order valence-electron chi connectivity index (χ3n) is 0.802. The van der Waals surface area contributed by atoms with Crippen molar-refractivity contribution in [2.75, 3.05) is 6.26 Å². The van der Waals surface area contributed by atoms with E-state index in [0.29, 0.717) is 11.7 Å². The Hall–Kier alpha value is -0.970. The maximum Gasteiger partial charge on any atom is 0.313 e. The SMILES string of the molecule is CSc1ncc(OC=O)o1. The summed E-state index contributed by atoms with van der Waals surface area (Å²) in [5.41, 5.74) is 0. The number of aromatic nitrogens is 1. The van der Waals surface area contributed by atoms with Gasteiger partial charge in [-0.1, -0.05) is 11.8 Å². The number of nitrogens with zero attached hydrogens (tertiary/aromatic N) is 1. The number of hydrogen-bond donors (Lipinski definition) is 0. The largest absolute Gasteiger partial charge is 0.399 e. The van der Waals surface area contributed by atoms with Gasteiger partial charge < -0.3 is 9.15 Å². The second-order valence-electron chi connectivity index (χ2n) is 1.36. The quantitative estimate of drug-likeness (QED) is 0.485. The van der Waals surface area contributed by atoms with Crippen molar-refractivity contribution in [3.63, 3.8) is 0 Å². The van der Waals surface area contributed by atoms with Gasteiger partial charge >= 0.3 is 12.4 Å². The highest BCUT2D eigenvalue weighted by Crippen LogP contribution is 2.18. The summed E-state index contributed by atoms with van der Waals surface area (Å²) in [7, 11) is 0. The molecule has 1 rings (SSSR count). The number of hydrogen-bond acceptors (Lipinski definition) is 5. The third kappa shape index (κ3) is 1.51. The molecule has 0 aliphatic rings. The smallest absolute Gasteiger partial charge is 0.313 e. The van der Waals surface area contributed by atoms with E-state index in [-0.39, 0.29) is 5.95 Å². The average molecular weight is 159 g/mol. The van der Waals surface area contributed by atoms with Crippen molar-refractivity contribution in [1.29, 1.82) is 0 Å². The van der Waals surface area contributed by atoms with Crippen LogP contribution in [-0.4, -0.2) is 17.7 Å². The molecular weight excluding hydrogens is 154 g/mol. The van der Waals surface area contributed by atoms with Crippen molar-refractivity contribution in [3.05, 3.63) is 6.20 Å². The van der Waals surface area contributed by atoms with Crippen LogP contribution in [-0.2, 0) is 4.79 Å². The molecule has 5 heteroatoms. The van der Waals surface area contributed by atoms with Crippen LogP contribution in [0.25, 0.3) is 0 Å². The molecular formula is C5H5NO3S. The van der Waals surface area contributed by atoms with Gasteiger partial charge in [-0.2, -0.15) is 0 Å². The van der Waals surface area contributed by atoms with Crippen molar-refractivity contribution in [2.24, 2.45) is 0 Å². The summed E-state index contributed by atoms with van der Waals surface area (Å²) in [6, 6.07) is 0. The molecule has 10 heavy (non-hydrogen) atoms. The van der Waals surface area contributed by atoms with E-state index < -0.39 is 0 Å². The Morgan fingerprint density at radius 2 is 2.70 bits per heavy atom. The first-order valence-corrected chi connectivity index (χ1v) is 3.69. The lowest BCUT2D eigenvalue weighted by Crippen LogP contribution is -1.84. The average Bonchev–Trinajstić information content (AvgIpc) is 2.37. The lowest BCUT2D eigenvalue weighted by atomic mass is 10.9. The molecule has 0 saturated carbocycles. The summed E-state index contributed by atoms with van der Waals surface area (Å²) in [6.07, 6.45) is 3.16. The normalized spacial score (nSPS) is 9.30. The van der Waals surface area contributed by atoms with Gasteiger partial charge in [0.15, 0.2) is 0 Å². The molecule has 1 aromatic heterocycles. The molecule has 0 atom stereocenters. The molecule has 0 unspecified atom stereocenters. The Kier molecular flexibility index (Phi) is 2.33. The molecule has 0 N–H and O–H groups in total. The lowest BCUT2D eigenvalue weighted by Gasteiger charge is -1.85. The van der Waals surface area contributed by atoms with E-state index in [4.69, 9.17) is 4.42 Å². The minimum absolute atomic E-state index is 0.124. The maximum absolute atomic E-state index is 9.76. The van der Waals surface area contributed by atoms with Crippen molar-refractivity contribution < 1.29 is 13.9 Å². The first kappa shape index (κ1) is 7.14. The summed E-state index contributed by atoms with van der Waals surface area (Å²) < 4.78 is 9.24. The van der Waals surface area contributed by atoms with Gasteiger partial charge in [-0.05, 0) is 6.26 Å². The van der Waals surface area contributed by atoms with Gasteiger partial charge in [-0.3, -0.25) is 4.79 Å². The Labute approximate surface area is 61.6 Å². The van der Waals surface area contributed by atoms with Gasteiger partial charge in [-0.15, -0.1) is 0 Å². The first-order valence-electron chi connectivity index (χ1n) is 2.47. The molecule has 54 valence electrons. The van der Waals surface area contributed by atoms with Crippen molar-refractivity contribution >= 4 is 18.2 Å². The van der Waals surface area contributed by atoms with Crippen molar-refractivity contribution in [1.82, 2.24) is 4.98 Å². The lowest BCUT2D eigenvalue weighted by molar-refractivity contribution is -0.121. The summed E-state index contributed by atoms with van der Waals surface area (Å²) >= 11 is 1.34. The molecule has 0 aliphatic carbocycles. The zero-order chi connectivity index (χ0) is 7.40. The number of ether oxygens (including phenoxy) is 1. The standard InChI is InChI=1S/C5H5NO3S/c1-10-5-6-2-4(9-5)8-3-7/h2-3H,1H3. The molecule has 4 nitrogen and oxygen atoms in total. The predicted octanol–water partition coefficient (Wildman–Crippen LogP) is 0.932. The first-order chi connectivity index (χ1) is 4.86. The number of rotatable bonds is 3. The molecule has 0 aliphatic heterocycles. The van der Waals surface area contributed by atoms with Gasteiger partial charge in [0.2, 0.25) is 0 Å². The summed E-state index contributed by atoms with van der Waals surface area (Å²) in [6.45, 7) is 0.296. The fourth-order valence-electron chi connectivity index (χ4n) is 0.440. The monoisotopic (exact) mass is 159 g/mol. The highest BCUT2D eigenvalue weighted by molar-refractivity contribution is 7.98.